The predicted octanol–water partition coefficient (Wildman–Crippen LogP) is 3.05. The Bertz CT molecular complexity index is 1280. The van der Waals surface area contributed by atoms with Gasteiger partial charge in [0.15, 0.2) is 18.1 Å². The largest absolute Gasteiger partial charge is 0.497 e. The van der Waals surface area contributed by atoms with E-state index in [4.69, 9.17) is 18.9 Å². The summed E-state index contributed by atoms with van der Waals surface area (Å²) in [5.74, 6) is 0.478. The highest BCUT2D eigenvalue weighted by Gasteiger charge is 2.19. The summed E-state index contributed by atoms with van der Waals surface area (Å²) in [7, 11) is 1.50. The number of carbonyl (C=O) groups excluding carboxylic acids is 3. The number of ketones is 1. The number of nitrogens with one attached hydrogen (secondary N) is 1. The summed E-state index contributed by atoms with van der Waals surface area (Å²) in [5, 5.41) is 2.48. The van der Waals surface area contributed by atoms with E-state index in [0.717, 1.165) is 17.0 Å². The first kappa shape index (κ1) is 23.9. The Labute approximate surface area is 202 Å². The molecule has 0 radical (unpaired) electrons. The van der Waals surface area contributed by atoms with Gasteiger partial charge in [0.1, 0.15) is 12.3 Å². The molecule has 9 heteroatoms. The third kappa shape index (κ3) is 5.46. The highest BCUT2D eigenvalue weighted by Crippen LogP contribution is 2.33. The molecule has 1 aliphatic rings. The number of hydrogen-bond acceptors (Lipinski definition) is 7. The molecule has 1 aliphatic heterocycles. The van der Waals surface area contributed by atoms with Crippen LogP contribution in [0.4, 0.5) is 0 Å². The minimum absolute atomic E-state index is 0.211. The maximum absolute atomic E-state index is 12.7. The van der Waals surface area contributed by atoms with Crippen LogP contribution in [-0.2, 0) is 16.1 Å². The van der Waals surface area contributed by atoms with E-state index in [2.05, 4.69) is 5.32 Å². The maximum Gasteiger partial charge on any atom is 0.325 e. The molecular formula is C26H26N2O7. The van der Waals surface area contributed by atoms with Gasteiger partial charge in [-0.25, -0.2) is 0 Å². The molecule has 1 aromatic heterocycles. The van der Waals surface area contributed by atoms with E-state index >= 15 is 0 Å². The number of Topliss-reactive ketones (excluding diaryl/α,β-unsaturated/α-hetero) is 1. The van der Waals surface area contributed by atoms with Crippen LogP contribution in [0.2, 0.25) is 0 Å². The van der Waals surface area contributed by atoms with Crippen LogP contribution >= 0.6 is 0 Å². The van der Waals surface area contributed by atoms with Crippen molar-refractivity contribution >= 4 is 17.7 Å². The molecular weight excluding hydrogens is 452 g/mol. The number of methoxy groups -OCH3 is 1. The quantitative estimate of drug-likeness (QED) is 0.372. The lowest BCUT2D eigenvalue weighted by Crippen LogP contribution is -2.31. The van der Waals surface area contributed by atoms with Crippen LogP contribution in [0.25, 0.3) is 0 Å². The molecule has 0 fully saturated rings. The molecule has 182 valence electrons. The predicted molar refractivity (Wildman–Crippen MR) is 126 cm³/mol. The molecule has 0 unspecified atom stereocenters. The summed E-state index contributed by atoms with van der Waals surface area (Å²) in [6.45, 7) is 3.76. The third-order valence-electron chi connectivity index (χ3n) is 5.74. The van der Waals surface area contributed by atoms with E-state index in [0.29, 0.717) is 34.9 Å². The fraction of sp³-hybridized carbons (Fsp3) is 0.269. The number of rotatable bonds is 9. The van der Waals surface area contributed by atoms with Crippen molar-refractivity contribution in [3.63, 3.8) is 0 Å². The fourth-order valence-corrected chi connectivity index (χ4v) is 3.84. The van der Waals surface area contributed by atoms with Crippen LogP contribution in [0.15, 0.2) is 48.5 Å². The molecule has 0 spiro atoms. The van der Waals surface area contributed by atoms with Gasteiger partial charge in [-0.15, -0.1) is 0 Å². The zero-order valence-electron chi connectivity index (χ0n) is 19.8. The van der Waals surface area contributed by atoms with Gasteiger partial charge in [0, 0.05) is 29.1 Å². The molecule has 2 aromatic carbocycles. The lowest BCUT2D eigenvalue weighted by atomic mass is 10.1. The summed E-state index contributed by atoms with van der Waals surface area (Å²) in [5.41, 5.74) is 3.51. The number of aryl methyl sites for hydroxylation is 1. The van der Waals surface area contributed by atoms with E-state index in [1.807, 2.05) is 36.6 Å². The van der Waals surface area contributed by atoms with Crippen molar-refractivity contribution in [1.29, 1.82) is 0 Å². The molecule has 0 atom stereocenters. The Balaban J connectivity index is 1.31. The number of amides is 1. The molecule has 0 saturated heterocycles. The standard InChI is InChI=1S/C26H26N2O7/c1-16-9-21(17(2)28(16)13-18-7-8-23-24(10-18)35-15-34-23)22(29)14-33-25(30)12-27-26(31)19-5-4-6-20(11-19)32-3/h4-11H,12-15H2,1-3H3,(H,27,31). The number of ether oxygens (including phenoxy) is 4. The zero-order valence-corrected chi connectivity index (χ0v) is 19.8. The van der Waals surface area contributed by atoms with Crippen molar-refractivity contribution in [2.45, 2.75) is 20.4 Å². The first-order valence-electron chi connectivity index (χ1n) is 11.0. The van der Waals surface area contributed by atoms with E-state index in [9.17, 15) is 14.4 Å². The summed E-state index contributed by atoms with van der Waals surface area (Å²) >= 11 is 0. The number of carbonyl (C=O) groups is 3. The van der Waals surface area contributed by atoms with Gasteiger partial charge in [-0.1, -0.05) is 12.1 Å². The topological polar surface area (TPSA) is 105 Å². The highest BCUT2D eigenvalue weighted by molar-refractivity contribution is 6.00. The lowest BCUT2D eigenvalue weighted by Gasteiger charge is -2.11. The Morgan fingerprint density at radius 3 is 2.63 bits per heavy atom. The number of fused-ring (bicyclic) bond motifs is 1. The number of benzene rings is 2. The van der Waals surface area contributed by atoms with Gasteiger partial charge in [-0.05, 0) is 55.8 Å². The monoisotopic (exact) mass is 478 g/mol. The Morgan fingerprint density at radius 2 is 1.83 bits per heavy atom. The molecule has 35 heavy (non-hydrogen) atoms. The first-order chi connectivity index (χ1) is 16.9. The van der Waals surface area contributed by atoms with E-state index < -0.39 is 18.5 Å². The van der Waals surface area contributed by atoms with Crippen molar-refractivity contribution in [3.8, 4) is 17.2 Å². The number of esters is 1. The van der Waals surface area contributed by atoms with E-state index in [-0.39, 0.29) is 19.1 Å². The van der Waals surface area contributed by atoms with Crippen molar-refractivity contribution in [3.05, 3.63) is 76.6 Å². The van der Waals surface area contributed by atoms with Crippen LogP contribution in [0.5, 0.6) is 17.2 Å². The van der Waals surface area contributed by atoms with Crippen LogP contribution in [0.3, 0.4) is 0 Å². The third-order valence-corrected chi connectivity index (χ3v) is 5.74. The second kappa shape index (κ2) is 10.3. The minimum atomic E-state index is -0.705. The minimum Gasteiger partial charge on any atom is -0.497 e. The smallest absolute Gasteiger partial charge is 0.325 e. The summed E-state index contributed by atoms with van der Waals surface area (Å²) < 4.78 is 23.0. The number of nitrogens with zero attached hydrogens (tertiary/aromatic N) is 1. The Morgan fingerprint density at radius 1 is 1.03 bits per heavy atom. The van der Waals surface area contributed by atoms with E-state index in [1.165, 1.54) is 7.11 Å². The molecule has 9 nitrogen and oxygen atoms in total. The Hall–Kier alpha value is -4.27. The number of hydrogen-bond donors (Lipinski definition) is 1. The zero-order chi connectivity index (χ0) is 24.9. The summed E-state index contributed by atoms with van der Waals surface area (Å²) in [4.78, 5) is 37.0. The van der Waals surface area contributed by atoms with Crippen LogP contribution in [0, 0.1) is 13.8 Å². The molecule has 0 bridgehead atoms. The van der Waals surface area contributed by atoms with Gasteiger partial charge >= 0.3 is 5.97 Å². The summed E-state index contributed by atoms with van der Waals surface area (Å²) in [6.07, 6.45) is 0. The van der Waals surface area contributed by atoms with Crippen molar-refractivity contribution in [1.82, 2.24) is 9.88 Å². The first-order valence-corrected chi connectivity index (χ1v) is 11.0. The molecule has 3 aromatic rings. The van der Waals surface area contributed by atoms with Crippen molar-refractivity contribution in [2.24, 2.45) is 0 Å². The highest BCUT2D eigenvalue weighted by atomic mass is 16.7. The van der Waals surface area contributed by atoms with Gasteiger partial charge < -0.3 is 28.8 Å². The average Bonchev–Trinajstić information content (AvgIpc) is 3.45. The normalized spacial score (nSPS) is 11.7. The van der Waals surface area contributed by atoms with Crippen molar-refractivity contribution < 1.29 is 33.3 Å². The van der Waals surface area contributed by atoms with Crippen LogP contribution in [-0.4, -0.2) is 49.3 Å². The van der Waals surface area contributed by atoms with Gasteiger partial charge in [0.2, 0.25) is 12.6 Å². The molecule has 0 saturated carbocycles. The molecule has 4 rings (SSSR count). The van der Waals surface area contributed by atoms with Crippen LogP contribution in [0.1, 0.15) is 37.7 Å². The Kier molecular flexibility index (Phi) is 7.05. The van der Waals surface area contributed by atoms with Gasteiger partial charge in [0.05, 0.1) is 7.11 Å². The molecule has 2 heterocycles. The number of aromatic nitrogens is 1. The molecule has 1 amide bonds. The second-order valence-corrected chi connectivity index (χ2v) is 8.06. The van der Waals surface area contributed by atoms with Crippen molar-refractivity contribution in [2.75, 3.05) is 27.1 Å². The molecule has 0 aliphatic carbocycles. The van der Waals surface area contributed by atoms with Gasteiger partial charge in [0.25, 0.3) is 5.91 Å². The van der Waals surface area contributed by atoms with Gasteiger partial charge in [-0.2, -0.15) is 0 Å². The lowest BCUT2D eigenvalue weighted by molar-refractivity contribution is -0.141. The summed E-state index contributed by atoms with van der Waals surface area (Å²) in [6, 6.07) is 14.1. The SMILES string of the molecule is COc1cccc(C(=O)NCC(=O)OCC(=O)c2cc(C)n(Cc3ccc4c(c3)OCO4)c2C)c1. The van der Waals surface area contributed by atoms with Gasteiger partial charge in [-0.3, -0.25) is 14.4 Å². The second-order valence-electron chi connectivity index (χ2n) is 8.06. The van der Waals surface area contributed by atoms with E-state index in [1.54, 1.807) is 30.3 Å². The maximum atomic E-state index is 12.7. The average molecular weight is 479 g/mol. The fourth-order valence-electron chi connectivity index (χ4n) is 3.84. The van der Waals surface area contributed by atoms with Crippen LogP contribution < -0.4 is 19.5 Å². The molecule has 1 N–H and O–H groups in total.